The van der Waals surface area contributed by atoms with Crippen LogP contribution in [0.25, 0.3) is 0 Å². The number of hydrogen-bond donors (Lipinski definition) is 6. The first-order chi connectivity index (χ1) is 14.9. The van der Waals surface area contributed by atoms with Crippen LogP contribution in [0, 0.1) is 0 Å². The summed E-state index contributed by atoms with van der Waals surface area (Å²) in [6, 6.07) is 6.52. The minimum atomic E-state index is -0.720. The highest BCUT2D eigenvalue weighted by molar-refractivity contribution is 5.93. The molecule has 31 heavy (non-hydrogen) atoms. The summed E-state index contributed by atoms with van der Waals surface area (Å²) in [6.45, 7) is 3.91. The maximum absolute atomic E-state index is 10.4. The number of aromatic hydroxyl groups is 2. The summed E-state index contributed by atoms with van der Waals surface area (Å²) >= 11 is 0. The summed E-state index contributed by atoms with van der Waals surface area (Å²) in [6.07, 6.45) is 5.60. The number of benzene rings is 2. The number of nitrogens with zero attached hydrogens (tertiary/aromatic N) is 4. The van der Waals surface area contributed by atoms with E-state index in [4.69, 9.17) is 20.8 Å². The van der Waals surface area contributed by atoms with E-state index in [1.807, 2.05) is 13.8 Å². The Morgan fingerprint density at radius 1 is 0.677 bits per heavy atom. The minimum Gasteiger partial charge on any atom is -0.507 e. The number of rotatable bonds is 8. The summed E-state index contributed by atoms with van der Waals surface area (Å²) in [5.74, 6) is -0.463. The molecule has 0 unspecified atom stereocenters. The first-order valence-corrected chi connectivity index (χ1v) is 9.30. The Hall–Kier alpha value is -4.08. The van der Waals surface area contributed by atoms with Crippen molar-refractivity contribution in [1.82, 2.24) is 0 Å². The molecular weight excluding hydrogens is 404 g/mol. The lowest BCUT2D eigenvalue weighted by Gasteiger charge is -2.32. The van der Waals surface area contributed by atoms with Gasteiger partial charge in [-0.2, -0.15) is 0 Å². The molecule has 6 N–H and O–H groups in total. The number of hydrogen-bond acceptors (Lipinski definition) is 10. The van der Waals surface area contributed by atoms with E-state index in [0.29, 0.717) is 17.5 Å². The molecule has 2 aromatic carbocycles. The van der Waals surface area contributed by atoms with Gasteiger partial charge in [-0.25, -0.2) is 0 Å². The van der Waals surface area contributed by atoms with Crippen molar-refractivity contribution in [3.8, 4) is 11.5 Å². The number of phenols is 2. The quantitative estimate of drug-likeness (QED) is 0.214. The summed E-state index contributed by atoms with van der Waals surface area (Å²) in [7, 11) is 0. The second-order valence-electron chi connectivity index (χ2n) is 7.07. The fourth-order valence-corrected chi connectivity index (χ4v) is 3.60. The lowest BCUT2D eigenvalue weighted by Crippen LogP contribution is -2.25. The molecule has 0 amide bonds. The van der Waals surface area contributed by atoms with Gasteiger partial charge in [0.15, 0.2) is 0 Å². The monoisotopic (exact) mass is 428 g/mol. The largest absolute Gasteiger partial charge is 0.507 e. The van der Waals surface area contributed by atoms with Gasteiger partial charge in [0.05, 0.1) is 24.9 Å². The van der Waals surface area contributed by atoms with Crippen LogP contribution in [-0.2, 0) is 5.41 Å². The Kier molecular flexibility index (Phi) is 7.56. The van der Waals surface area contributed by atoms with E-state index in [1.54, 1.807) is 24.3 Å². The van der Waals surface area contributed by atoms with Crippen LogP contribution in [0.2, 0.25) is 0 Å². The second-order valence-corrected chi connectivity index (χ2v) is 7.07. The SMILES string of the molecule is CCCC(C)(c1cc(/C=N\O)c(O)c(/C=N\O)c1)c1cc(/C=N\O)c(O)c(/C=N\O)c1. The maximum atomic E-state index is 10.4. The Morgan fingerprint density at radius 3 is 1.19 bits per heavy atom. The van der Waals surface area contributed by atoms with Gasteiger partial charge in [0.25, 0.3) is 0 Å². The average Bonchev–Trinajstić information content (AvgIpc) is 2.74. The Balaban J connectivity index is 2.88. The summed E-state index contributed by atoms with van der Waals surface area (Å²) in [5, 5.41) is 68.6. The molecule has 0 aliphatic carbocycles. The van der Waals surface area contributed by atoms with E-state index >= 15 is 0 Å². The van der Waals surface area contributed by atoms with Crippen molar-refractivity contribution in [1.29, 1.82) is 0 Å². The van der Waals surface area contributed by atoms with E-state index in [2.05, 4.69) is 20.6 Å². The van der Waals surface area contributed by atoms with Crippen LogP contribution in [0.15, 0.2) is 44.9 Å². The zero-order valence-electron chi connectivity index (χ0n) is 17.0. The van der Waals surface area contributed by atoms with Gasteiger partial charge in [0.2, 0.25) is 0 Å². The average molecular weight is 428 g/mol. The van der Waals surface area contributed by atoms with Gasteiger partial charge in [-0.05, 0) is 41.8 Å². The van der Waals surface area contributed by atoms with Crippen molar-refractivity contribution in [3.05, 3.63) is 57.6 Å². The van der Waals surface area contributed by atoms with E-state index < -0.39 is 5.41 Å². The standard InChI is InChI=1S/C21H24N4O6/c1-3-4-21(2,17-5-13(9-22-28)19(26)14(6-17)10-23-29)18-7-15(11-24-30)20(27)16(8-18)12-25-31/h5-12,26-31H,3-4H2,1-2H3/b22-9-,23-10-,24-11-,25-12-. The van der Waals surface area contributed by atoms with Crippen molar-refractivity contribution in [3.63, 3.8) is 0 Å². The molecule has 2 rings (SSSR count). The van der Waals surface area contributed by atoms with Crippen LogP contribution >= 0.6 is 0 Å². The van der Waals surface area contributed by atoms with E-state index in [-0.39, 0.29) is 33.8 Å². The number of phenolic OH excluding ortho intramolecular Hbond substituents is 2. The highest BCUT2D eigenvalue weighted by Crippen LogP contribution is 2.41. The first-order valence-electron chi connectivity index (χ1n) is 9.30. The van der Waals surface area contributed by atoms with E-state index in [1.165, 1.54) is 0 Å². The van der Waals surface area contributed by atoms with Gasteiger partial charge in [0, 0.05) is 27.7 Å². The first kappa shape index (κ1) is 23.2. The molecule has 10 nitrogen and oxygen atoms in total. The fourth-order valence-electron chi connectivity index (χ4n) is 3.60. The summed E-state index contributed by atoms with van der Waals surface area (Å²) < 4.78 is 0. The van der Waals surface area contributed by atoms with Gasteiger partial charge < -0.3 is 31.0 Å². The zero-order chi connectivity index (χ0) is 23.0. The predicted molar refractivity (Wildman–Crippen MR) is 115 cm³/mol. The molecule has 164 valence electrons. The van der Waals surface area contributed by atoms with Crippen molar-refractivity contribution in [2.45, 2.75) is 32.1 Å². The molecule has 0 fully saturated rings. The molecular formula is C21H24N4O6. The molecule has 0 heterocycles. The van der Waals surface area contributed by atoms with Gasteiger partial charge in [-0.3, -0.25) is 0 Å². The lowest BCUT2D eigenvalue weighted by atomic mass is 9.71. The van der Waals surface area contributed by atoms with Crippen LogP contribution in [-0.4, -0.2) is 55.9 Å². The molecule has 0 spiro atoms. The highest BCUT2D eigenvalue weighted by Gasteiger charge is 2.31. The highest BCUT2D eigenvalue weighted by atomic mass is 16.4. The van der Waals surface area contributed by atoms with Crippen molar-refractivity contribution in [2.75, 3.05) is 0 Å². The molecule has 2 aromatic rings. The van der Waals surface area contributed by atoms with Gasteiger partial charge in [-0.1, -0.05) is 40.9 Å². The third-order valence-corrected chi connectivity index (χ3v) is 5.15. The minimum absolute atomic E-state index is 0.199. The molecule has 0 aliphatic heterocycles. The van der Waals surface area contributed by atoms with Crippen molar-refractivity contribution < 1.29 is 31.0 Å². The fraction of sp³-hybridized carbons (Fsp3) is 0.238. The third-order valence-electron chi connectivity index (χ3n) is 5.15. The smallest absolute Gasteiger partial charge is 0.133 e. The Labute approximate surface area is 178 Å². The molecule has 0 saturated heterocycles. The normalized spacial score (nSPS) is 12.7. The van der Waals surface area contributed by atoms with Crippen LogP contribution in [0.5, 0.6) is 11.5 Å². The van der Waals surface area contributed by atoms with Gasteiger partial charge in [0.1, 0.15) is 11.5 Å². The third kappa shape index (κ3) is 4.74. The van der Waals surface area contributed by atoms with Gasteiger partial charge in [-0.15, -0.1) is 0 Å². The predicted octanol–water partition coefficient (Wildman–Crippen LogP) is 3.44. The van der Waals surface area contributed by atoms with Crippen molar-refractivity contribution in [2.24, 2.45) is 20.6 Å². The topological polar surface area (TPSA) is 171 Å². The van der Waals surface area contributed by atoms with Crippen LogP contribution in [0.1, 0.15) is 60.1 Å². The Bertz CT molecular complexity index is 903. The molecule has 0 aromatic heterocycles. The molecule has 10 heteroatoms. The molecule has 0 radical (unpaired) electrons. The maximum Gasteiger partial charge on any atom is 0.133 e. The Morgan fingerprint density at radius 2 is 0.968 bits per heavy atom. The summed E-state index contributed by atoms with van der Waals surface area (Å²) in [5.41, 5.74) is 1.44. The lowest BCUT2D eigenvalue weighted by molar-refractivity contribution is 0.321. The summed E-state index contributed by atoms with van der Waals surface area (Å²) in [4.78, 5) is 0. The van der Waals surface area contributed by atoms with Crippen LogP contribution in [0.3, 0.4) is 0 Å². The van der Waals surface area contributed by atoms with Gasteiger partial charge >= 0.3 is 0 Å². The van der Waals surface area contributed by atoms with E-state index in [0.717, 1.165) is 31.3 Å². The molecule has 0 aliphatic rings. The van der Waals surface area contributed by atoms with Crippen LogP contribution in [0.4, 0.5) is 0 Å². The van der Waals surface area contributed by atoms with Crippen molar-refractivity contribution >= 4 is 24.9 Å². The molecule has 0 atom stereocenters. The number of oxime groups is 4. The molecule has 0 bridgehead atoms. The zero-order valence-corrected chi connectivity index (χ0v) is 17.0. The second kappa shape index (κ2) is 10.1. The molecule has 0 saturated carbocycles. The van der Waals surface area contributed by atoms with Crippen LogP contribution < -0.4 is 0 Å². The van der Waals surface area contributed by atoms with E-state index in [9.17, 15) is 10.2 Å².